The van der Waals surface area contributed by atoms with Gasteiger partial charge in [0.15, 0.2) is 5.17 Å². The van der Waals surface area contributed by atoms with Crippen LogP contribution < -0.4 is 5.32 Å². The molecule has 0 aromatic heterocycles. The molecule has 2 aliphatic rings. The number of aliphatic imine (C=N–C) groups is 1. The highest BCUT2D eigenvalue weighted by Crippen LogP contribution is 2.40. The van der Waals surface area contributed by atoms with Crippen LogP contribution in [0.2, 0.25) is 5.02 Å². The van der Waals surface area contributed by atoms with E-state index in [0.29, 0.717) is 22.3 Å². The quantitative estimate of drug-likeness (QED) is 0.442. The van der Waals surface area contributed by atoms with Crippen molar-refractivity contribution in [3.05, 3.63) is 100 Å². The summed E-state index contributed by atoms with van der Waals surface area (Å²) in [7, 11) is 0. The van der Waals surface area contributed by atoms with Gasteiger partial charge in [0.2, 0.25) is 5.91 Å². The fourth-order valence-electron chi connectivity index (χ4n) is 4.30. The number of rotatable bonds is 5. The van der Waals surface area contributed by atoms with Crippen LogP contribution in [0.1, 0.15) is 41.1 Å². The highest BCUT2D eigenvalue weighted by atomic mass is 35.5. The first kappa shape index (κ1) is 24.3. The molecular weight excluding hydrogens is 492 g/mol. The molecule has 0 fully saturated rings. The number of amidine groups is 1. The molecule has 3 aromatic carbocycles. The zero-order valence-electron chi connectivity index (χ0n) is 19.9. The standard InChI is InChI=1S/C28H25ClN4O2S/c1-17-10-12-19(13-11-17)23-15-24(21-8-3-4-9-22(21)29)33(32-23)28-31-27(35)25(36-28)16-26(34)30-20-7-5-6-18(2)14-20/h3-14,24-25H,15-16H2,1-2H3,(H,30,34)/t24-,25-/m0/s1. The number of nitrogens with zero attached hydrogens (tertiary/aromatic N) is 3. The maximum atomic E-state index is 12.8. The average Bonchev–Trinajstić information content (AvgIpc) is 3.44. The minimum atomic E-state index is -0.602. The molecule has 1 N–H and O–H groups in total. The SMILES string of the molecule is Cc1ccc(C2=NN(C3=NC(=O)[C@H](CC(=O)Nc4cccc(C)c4)S3)[C@H](c3ccccc3Cl)C2)cc1. The van der Waals surface area contributed by atoms with E-state index in [0.717, 1.165) is 22.4 Å². The molecule has 3 aromatic rings. The van der Waals surface area contributed by atoms with Gasteiger partial charge in [0.25, 0.3) is 5.91 Å². The van der Waals surface area contributed by atoms with Gasteiger partial charge in [0.05, 0.1) is 11.8 Å². The third kappa shape index (κ3) is 5.22. The average molecular weight is 517 g/mol. The molecule has 8 heteroatoms. The minimum Gasteiger partial charge on any atom is -0.326 e. The number of benzene rings is 3. The summed E-state index contributed by atoms with van der Waals surface area (Å²) < 4.78 is 0. The van der Waals surface area contributed by atoms with Crippen molar-refractivity contribution >= 4 is 51.7 Å². The van der Waals surface area contributed by atoms with Crippen LogP contribution in [0.4, 0.5) is 5.69 Å². The molecule has 0 saturated heterocycles. The van der Waals surface area contributed by atoms with Crippen molar-refractivity contribution in [2.45, 2.75) is 38.0 Å². The van der Waals surface area contributed by atoms with Crippen LogP contribution in [0.5, 0.6) is 0 Å². The summed E-state index contributed by atoms with van der Waals surface area (Å²) in [5.74, 6) is -0.554. The van der Waals surface area contributed by atoms with Crippen molar-refractivity contribution in [2.24, 2.45) is 10.1 Å². The van der Waals surface area contributed by atoms with Crippen LogP contribution in [0.3, 0.4) is 0 Å². The molecule has 6 nitrogen and oxygen atoms in total. The first-order chi connectivity index (χ1) is 17.4. The van der Waals surface area contributed by atoms with Crippen LogP contribution >= 0.6 is 23.4 Å². The van der Waals surface area contributed by atoms with Crippen molar-refractivity contribution in [3.8, 4) is 0 Å². The highest BCUT2D eigenvalue weighted by Gasteiger charge is 2.39. The Kier molecular flexibility index (Phi) is 6.94. The second kappa shape index (κ2) is 10.3. The van der Waals surface area contributed by atoms with Gasteiger partial charge in [-0.3, -0.25) is 9.59 Å². The second-order valence-corrected chi connectivity index (χ2v) is 10.5. The summed E-state index contributed by atoms with van der Waals surface area (Å²) in [5, 5.41) is 10.1. The normalized spacial score (nSPS) is 19.3. The largest absolute Gasteiger partial charge is 0.326 e. The number of amides is 2. The second-order valence-electron chi connectivity index (χ2n) is 8.96. The van der Waals surface area contributed by atoms with Crippen molar-refractivity contribution in [2.75, 3.05) is 5.32 Å². The third-order valence-electron chi connectivity index (χ3n) is 6.16. The van der Waals surface area contributed by atoms with Gasteiger partial charge in [-0.2, -0.15) is 10.1 Å². The fraction of sp³-hybridized carbons (Fsp3) is 0.214. The van der Waals surface area contributed by atoms with Gasteiger partial charge < -0.3 is 5.32 Å². The molecule has 5 rings (SSSR count). The maximum Gasteiger partial charge on any atom is 0.262 e. The molecule has 2 aliphatic heterocycles. The van der Waals surface area contributed by atoms with Crippen LogP contribution in [0.15, 0.2) is 82.9 Å². The third-order valence-corrected chi connectivity index (χ3v) is 7.64. The predicted octanol–water partition coefficient (Wildman–Crippen LogP) is 6.13. The van der Waals surface area contributed by atoms with E-state index in [-0.39, 0.29) is 24.3 Å². The Morgan fingerprint density at radius 3 is 2.58 bits per heavy atom. The summed E-state index contributed by atoms with van der Waals surface area (Å²) in [5.41, 5.74) is 5.76. The van der Waals surface area contributed by atoms with E-state index in [2.05, 4.69) is 34.6 Å². The van der Waals surface area contributed by atoms with Crippen molar-refractivity contribution in [1.82, 2.24) is 5.01 Å². The zero-order valence-corrected chi connectivity index (χ0v) is 21.5. The monoisotopic (exact) mass is 516 g/mol. The number of halogens is 1. The number of aryl methyl sites for hydroxylation is 2. The predicted molar refractivity (Wildman–Crippen MR) is 147 cm³/mol. The van der Waals surface area contributed by atoms with E-state index < -0.39 is 5.25 Å². The Morgan fingerprint density at radius 2 is 1.83 bits per heavy atom. The first-order valence-corrected chi connectivity index (χ1v) is 13.0. The lowest BCUT2D eigenvalue weighted by Crippen LogP contribution is -2.25. The van der Waals surface area contributed by atoms with Crippen molar-refractivity contribution in [1.29, 1.82) is 0 Å². The molecule has 0 bridgehead atoms. The van der Waals surface area contributed by atoms with Gasteiger partial charge >= 0.3 is 0 Å². The fourth-order valence-corrected chi connectivity index (χ4v) is 5.63. The Morgan fingerprint density at radius 1 is 1.06 bits per heavy atom. The van der Waals surface area contributed by atoms with Gasteiger partial charge in [-0.15, -0.1) is 0 Å². The number of hydrogen-bond donors (Lipinski definition) is 1. The van der Waals surface area contributed by atoms with Gasteiger partial charge in [-0.05, 0) is 48.7 Å². The molecule has 0 aliphatic carbocycles. The van der Waals surface area contributed by atoms with E-state index >= 15 is 0 Å². The van der Waals surface area contributed by atoms with E-state index in [1.165, 1.54) is 17.3 Å². The van der Waals surface area contributed by atoms with Crippen LogP contribution in [-0.4, -0.2) is 33.0 Å². The van der Waals surface area contributed by atoms with Crippen LogP contribution in [-0.2, 0) is 9.59 Å². The summed E-state index contributed by atoms with van der Waals surface area (Å²) in [6, 6.07) is 23.2. The molecule has 0 saturated carbocycles. The molecule has 36 heavy (non-hydrogen) atoms. The Bertz CT molecular complexity index is 1390. The van der Waals surface area contributed by atoms with E-state index in [1.807, 2.05) is 62.4 Å². The molecule has 2 atom stereocenters. The Labute approximate surface area is 219 Å². The lowest BCUT2D eigenvalue weighted by atomic mass is 9.98. The smallest absolute Gasteiger partial charge is 0.262 e. The number of anilines is 1. The lowest BCUT2D eigenvalue weighted by Gasteiger charge is -2.23. The summed E-state index contributed by atoms with van der Waals surface area (Å²) in [4.78, 5) is 29.8. The number of hydrazone groups is 1. The van der Waals surface area contributed by atoms with Crippen LogP contribution in [0, 0.1) is 13.8 Å². The van der Waals surface area contributed by atoms with Gasteiger partial charge in [-0.25, -0.2) is 5.01 Å². The highest BCUT2D eigenvalue weighted by molar-refractivity contribution is 8.15. The van der Waals surface area contributed by atoms with E-state index in [4.69, 9.17) is 16.7 Å². The molecular formula is C28H25ClN4O2S. The van der Waals surface area contributed by atoms with Gasteiger partial charge in [-0.1, -0.05) is 83.5 Å². The topological polar surface area (TPSA) is 74.1 Å². The Balaban J connectivity index is 1.36. The number of thioether (sulfide) groups is 1. The molecule has 2 heterocycles. The summed E-state index contributed by atoms with van der Waals surface area (Å²) >= 11 is 7.84. The van der Waals surface area contributed by atoms with Crippen LogP contribution in [0.25, 0.3) is 0 Å². The molecule has 0 unspecified atom stereocenters. The summed E-state index contributed by atoms with van der Waals surface area (Å²) in [6.45, 7) is 4.01. The van der Waals surface area contributed by atoms with E-state index in [1.54, 1.807) is 5.01 Å². The summed E-state index contributed by atoms with van der Waals surface area (Å²) in [6.07, 6.45) is 0.655. The minimum absolute atomic E-state index is 0.0313. The van der Waals surface area contributed by atoms with Gasteiger partial charge in [0, 0.05) is 23.6 Å². The number of carbonyl (C=O) groups excluding carboxylic acids is 2. The van der Waals surface area contributed by atoms with Crippen molar-refractivity contribution in [3.63, 3.8) is 0 Å². The number of nitrogens with one attached hydrogen (secondary N) is 1. The molecule has 0 spiro atoms. The number of carbonyl (C=O) groups is 2. The number of hydrogen-bond acceptors (Lipinski definition) is 5. The molecule has 182 valence electrons. The van der Waals surface area contributed by atoms with E-state index in [9.17, 15) is 9.59 Å². The maximum absolute atomic E-state index is 12.8. The molecule has 2 amide bonds. The van der Waals surface area contributed by atoms with Gasteiger partial charge in [0.1, 0.15) is 5.25 Å². The van der Waals surface area contributed by atoms with Crippen molar-refractivity contribution < 1.29 is 9.59 Å². The molecule has 0 radical (unpaired) electrons. The zero-order chi connectivity index (χ0) is 25.2. The lowest BCUT2D eigenvalue weighted by molar-refractivity contribution is -0.121. The first-order valence-electron chi connectivity index (χ1n) is 11.7. The Hall–Kier alpha value is -3.42.